The molecule has 0 spiro atoms. The summed E-state index contributed by atoms with van der Waals surface area (Å²) in [7, 11) is 0. The highest BCUT2D eigenvalue weighted by Gasteiger charge is 2.26. The molecule has 8 aromatic carbocycles. The van der Waals surface area contributed by atoms with Gasteiger partial charge in [-0.05, 0) is 79.5 Å². The van der Waals surface area contributed by atoms with Crippen molar-refractivity contribution >= 4 is 22.4 Å². The van der Waals surface area contributed by atoms with Crippen LogP contribution in [0.25, 0.3) is 55.3 Å². The van der Waals surface area contributed by atoms with Gasteiger partial charge in [0.15, 0.2) is 0 Å². The van der Waals surface area contributed by atoms with E-state index in [0.29, 0.717) is 0 Å². The topological polar surface area (TPSA) is 38.4 Å². The summed E-state index contributed by atoms with van der Waals surface area (Å²) in [5, 5.41) is 6.06. The van der Waals surface area contributed by atoms with Crippen molar-refractivity contribution in [3.8, 4) is 44.5 Å². The molecule has 1 aliphatic rings. The average Bonchev–Trinajstić information content (AvgIpc) is 3.24. The van der Waals surface area contributed by atoms with Crippen LogP contribution < -0.4 is 10.3 Å². The van der Waals surface area contributed by atoms with E-state index in [9.17, 15) is 0 Å². The third-order valence-corrected chi connectivity index (χ3v) is 9.86. The first-order valence-corrected chi connectivity index (χ1v) is 17.7. The van der Waals surface area contributed by atoms with Crippen molar-refractivity contribution in [3.05, 3.63) is 217 Å². The zero-order valence-electron chi connectivity index (χ0n) is 28.6. The Hall–Kier alpha value is -6.84. The van der Waals surface area contributed by atoms with Crippen molar-refractivity contribution in [1.82, 2.24) is 5.32 Å². The fraction of sp³-hybridized carbons (Fsp3) is 0.0204. The molecule has 1 heterocycles. The van der Waals surface area contributed by atoms with Crippen LogP contribution in [0.4, 0.5) is 0 Å². The molecule has 8 aromatic rings. The first-order valence-electron chi connectivity index (χ1n) is 17.7. The molecule has 0 saturated heterocycles. The summed E-state index contributed by atoms with van der Waals surface area (Å²) in [6, 6.07) is 71.0. The molecule has 0 bridgehead atoms. The first-order chi connectivity index (χ1) is 25.8. The molecule has 246 valence electrons. The molecule has 2 N–H and O–H groups in total. The highest BCUT2D eigenvalue weighted by molar-refractivity contribution is 6.13. The highest BCUT2D eigenvalue weighted by Crippen LogP contribution is 2.39. The van der Waals surface area contributed by atoms with Gasteiger partial charge in [-0.2, -0.15) is 4.99 Å². The SMILES string of the molecule is c1ccc(C2=[NH+]C(c3ccc(-c4c(-c5ccc(-c6ccccc6)cc5)ccc5ccccc45)cc3)N=C(c3ccc(-c4ccccc4)cc3)N2)cc1. The van der Waals surface area contributed by atoms with Gasteiger partial charge in [-0.3, -0.25) is 0 Å². The Morgan fingerprint density at radius 3 is 1.48 bits per heavy atom. The Morgan fingerprint density at radius 1 is 0.385 bits per heavy atom. The minimum Gasteiger partial charge on any atom is -0.247 e. The average molecular weight is 667 g/mol. The number of aliphatic imine (C=N–C) groups is 1. The fourth-order valence-electron chi connectivity index (χ4n) is 7.13. The van der Waals surface area contributed by atoms with Gasteiger partial charge in [-0.15, -0.1) is 0 Å². The Kier molecular flexibility index (Phi) is 8.28. The molecule has 0 fully saturated rings. The summed E-state index contributed by atoms with van der Waals surface area (Å²) in [4.78, 5) is 8.91. The lowest BCUT2D eigenvalue weighted by Crippen LogP contribution is -2.80. The van der Waals surface area contributed by atoms with Gasteiger partial charge in [0.05, 0.1) is 5.56 Å². The van der Waals surface area contributed by atoms with Crippen molar-refractivity contribution < 1.29 is 4.99 Å². The van der Waals surface area contributed by atoms with Crippen molar-refractivity contribution in [3.63, 3.8) is 0 Å². The minimum absolute atomic E-state index is 0.271. The highest BCUT2D eigenvalue weighted by atomic mass is 15.2. The van der Waals surface area contributed by atoms with Crippen LogP contribution in [0, 0.1) is 0 Å². The Labute approximate surface area is 304 Å². The summed E-state index contributed by atoms with van der Waals surface area (Å²) in [6.45, 7) is 0. The molecule has 0 radical (unpaired) electrons. The zero-order chi connectivity index (χ0) is 34.7. The normalized spacial score (nSPS) is 14.0. The third kappa shape index (κ3) is 6.21. The Bertz CT molecular complexity index is 2540. The molecule has 0 aromatic heterocycles. The van der Waals surface area contributed by atoms with Crippen molar-refractivity contribution in [2.75, 3.05) is 0 Å². The van der Waals surface area contributed by atoms with Gasteiger partial charge in [-0.25, -0.2) is 10.3 Å². The van der Waals surface area contributed by atoms with Crippen LogP contribution in [-0.4, -0.2) is 11.7 Å². The van der Waals surface area contributed by atoms with E-state index in [1.165, 1.54) is 55.3 Å². The smallest absolute Gasteiger partial charge is 0.247 e. The molecule has 0 saturated carbocycles. The maximum Gasteiger partial charge on any atom is 0.283 e. The number of nitrogens with one attached hydrogen (secondary N) is 2. The second-order valence-corrected chi connectivity index (χ2v) is 13.1. The first kappa shape index (κ1) is 31.2. The van der Waals surface area contributed by atoms with Gasteiger partial charge < -0.3 is 0 Å². The zero-order valence-corrected chi connectivity index (χ0v) is 28.6. The molecule has 0 amide bonds. The van der Waals surface area contributed by atoms with Crippen LogP contribution >= 0.6 is 0 Å². The lowest BCUT2D eigenvalue weighted by Gasteiger charge is -2.18. The fourth-order valence-corrected chi connectivity index (χ4v) is 7.13. The van der Waals surface area contributed by atoms with Crippen LogP contribution in [0.3, 0.4) is 0 Å². The van der Waals surface area contributed by atoms with E-state index < -0.39 is 0 Å². The number of hydrogen-bond acceptors (Lipinski definition) is 2. The largest absolute Gasteiger partial charge is 0.283 e. The monoisotopic (exact) mass is 666 g/mol. The van der Waals surface area contributed by atoms with Crippen LogP contribution in [0.5, 0.6) is 0 Å². The molecular weight excluding hydrogens is 631 g/mol. The Morgan fingerprint density at radius 2 is 0.865 bits per heavy atom. The summed E-state index contributed by atoms with van der Waals surface area (Å²) < 4.78 is 0. The number of amidine groups is 2. The number of benzene rings is 8. The second kappa shape index (κ2) is 13.8. The molecule has 1 atom stereocenters. The van der Waals surface area contributed by atoms with Crippen LogP contribution in [0.1, 0.15) is 22.9 Å². The molecule has 3 nitrogen and oxygen atoms in total. The lowest BCUT2D eigenvalue weighted by molar-refractivity contribution is -0.510. The molecule has 3 heteroatoms. The van der Waals surface area contributed by atoms with Crippen molar-refractivity contribution in [2.45, 2.75) is 6.17 Å². The van der Waals surface area contributed by atoms with E-state index in [4.69, 9.17) is 4.99 Å². The molecule has 0 aliphatic carbocycles. The van der Waals surface area contributed by atoms with Gasteiger partial charge in [0.2, 0.25) is 12.0 Å². The van der Waals surface area contributed by atoms with Crippen LogP contribution in [-0.2, 0) is 0 Å². The van der Waals surface area contributed by atoms with E-state index in [-0.39, 0.29) is 6.17 Å². The molecular formula is C49H36N3+. The summed E-state index contributed by atoms with van der Waals surface area (Å²) in [6.07, 6.45) is -0.271. The summed E-state index contributed by atoms with van der Waals surface area (Å²) >= 11 is 0. The van der Waals surface area contributed by atoms with E-state index >= 15 is 0 Å². The minimum atomic E-state index is -0.271. The van der Waals surface area contributed by atoms with E-state index in [0.717, 1.165) is 28.4 Å². The predicted molar refractivity (Wildman–Crippen MR) is 216 cm³/mol. The van der Waals surface area contributed by atoms with Gasteiger partial charge in [0.25, 0.3) is 5.84 Å². The van der Waals surface area contributed by atoms with Crippen LogP contribution in [0.2, 0.25) is 0 Å². The number of rotatable bonds is 7. The van der Waals surface area contributed by atoms with Crippen molar-refractivity contribution in [1.29, 1.82) is 0 Å². The van der Waals surface area contributed by atoms with E-state index in [2.05, 4.69) is 198 Å². The summed E-state index contributed by atoms with van der Waals surface area (Å²) in [5.74, 6) is 1.77. The predicted octanol–water partition coefficient (Wildman–Crippen LogP) is 10.1. The van der Waals surface area contributed by atoms with Crippen LogP contribution in [0.15, 0.2) is 205 Å². The summed E-state index contributed by atoms with van der Waals surface area (Å²) in [5.41, 5.74) is 12.8. The maximum atomic E-state index is 5.22. The van der Waals surface area contributed by atoms with Gasteiger partial charge in [-0.1, -0.05) is 176 Å². The van der Waals surface area contributed by atoms with E-state index in [1.54, 1.807) is 0 Å². The van der Waals surface area contributed by atoms with Gasteiger partial charge in [0, 0.05) is 11.1 Å². The third-order valence-electron chi connectivity index (χ3n) is 9.86. The lowest BCUT2D eigenvalue weighted by atomic mass is 9.89. The number of fused-ring (bicyclic) bond motifs is 1. The molecule has 1 aliphatic heterocycles. The van der Waals surface area contributed by atoms with Gasteiger partial charge in [0.1, 0.15) is 0 Å². The molecule has 9 rings (SSSR count). The molecule has 52 heavy (non-hydrogen) atoms. The number of hydrogen-bond donors (Lipinski definition) is 2. The quantitative estimate of drug-likeness (QED) is 0.175. The molecule has 1 unspecified atom stereocenters. The second-order valence-electron chi connectivity index (χ2n) is 13.1. The Balaban J connectivity index is 1.09. The maximum absolute atomic E-state index is 5.22. The standard InChI is InChI=1S/C49H35N3/c1-4-12-34(13-5-1)36-20-24-39(25-21-36)45-33-32-38-16-10-11-19-44(38)46(45)40-26-30-43(31-27-40)49-51-47(41-17-8-3-9-18-41)50-48(52-49)42-28-22-37(23-29-42)35-14-6-2-7-15-35/h1-33,49H,(H,50,51,52)/p+1. The van der Waals surface area contributed by atoms with Gasteiger partial charge >= 0.3 is 0 Å². The van der Waals surface area contributed by atoms with Crippen molar-refractivity contribution in [2.24, 2.45) is 4.99 Å². The number of nitrogens with zero attached hydrogens (tertiary/aromatic N) is 1. The van der Waals surface area contributed by atoms with E-state index in [1.807, 2.05) is 12.1 Å².